The van der Waals surface area contributed by atoms with Crippen molar-refractivity contribution in [1.29, 1.82) is 0 Å². The number of nitrogens with zero attached hydrogens (tertiary/aromatic N) is 4. The molecule has 0 aliphatic heterocycles. The van der Waals surface area contributed by atoms with Gasteiger partial charge in [-0.1, -0.05) is 23.8 Å². The van der Waals surface area contributed by atoms with E-state index in [2.05, 4.69) is 84.5 Å². The average molecular weight is 343 g/mol. The molecule has 0 saturated heterocycles. The second kappa shape index (κ2) is 6.26. The summed E-state index contributed by atoms with van der Waals surface area (Å²) in [6, 6.07) is 12.7. The van der Waals surface area contributed by atoms with Crippen LogP contribution in [0.2, 0.25) is 0 Å². The molecule has 0 saturated carbocycles. The quantitative estimate of drug-likeness (QED) is 0.581. The summed E-state index contributed by atoms with van der Waals surface area (Å²) in [5, 5.41) is 8.88. The number of anilines is 2. The highest BCUT2D eigenvalue weighted by atomic mass is 15.3. The molecule has 130 valence electrons. The molecule has 26 heavy (non-hydrogen) atoms. The second-order valence-electron chi connectivity index (χ2n) is 6.81. The third-order valence-electron chi connectivity index (χ3n) is 4.43. The van der Waals surface area contributed by atoms with Gasteiger partial charge >= 0.3 is 0 Å². The number of nitrogens with one attached hydrogen (secondary N) is 1. The first-order chi connectivity index (χ1) is 12.5. The van der Waals surface area contributed by atoms with Crippen LogP contribution in [0.25, 0.3) is 16.7 Å². The van der Waals surface area contributed by atoms with E-state index in [1.54, 1.807) is 6.33 Å². The van der Waals surface area contributed by atoms with E-state index in [1.807, 2.05) is 10.9 Å². The number of hydrogen-bond donors (Lipinski definition) is 1. The Hall–Kier alpha value is -3.21. The summed E-state index contributed by atoms with van der Waals surface area (Å²) < 4.78 is 1.87. The van der Waals surface area contributed by atoms with E-state index in [-0.39, 0.29) is 0 Å². The Kier molecular flexibility index (Phi) is 3.92. The van der Waals surface area contributed by atoms with Crippen LogP contribution in [0.3, 0.4) is 0 Å². The highest BCUT2D eigenvalue weighted by Crippen LogP contribution is 2.26. The van der Waals surface area contributed by atoms with Gasteiger partial charge in [-0.3, -0.25) is 0 Å². The van der Waals surface area contributed by atoms with Crippen molar-refractivity contribution >= 4 is 22.5 Å². The molecule has 5 nitrogen and oxygen atoms in total. The van der Waals surface area contributed by atoms with Crippen LogP contribution < -0.4 is 5.32 Å². The molecular weight excluding hydrogens is 322 g/mol. The summed E-state index contributed by atoms with van der Waals surface area (Å²) in [4.78, 5) is 8.90. The summed E-state index contributed by atoms with van der Waals surface area (Å²) in [6.07, 6.45) is 3.40. The Balaban J connectivity index is 1.80. The SMILES string of the molecule is Cc1cc(C)cc(Nc2ncnc3c2cnn3-c2ccc(C)cc2C)c1. The molecule has 1 N–H and O–H groups in total. The Labute approximate surface area is 152 Å². The van der Waals surface area contributed by atoms with Gasteiger partial charge in [0, 0.05) is 5.69 Å². The molecule has 4 aromatic rings. The van der Waals surface area contributed by atoms with E-state index in [4.69, 9.17) is 0 Å². The minimum absolute atomic E-state index is 0.760. The van der Waals surface area contributed by atoms with Crippen LogP contribution in [-0.4, -0.2) is 19.7 Å². The minimum atomic E-state index is 0.760. The van der Waals surface area contributed by atoms with Gasteiger partial charge in [0.25, 0.3) is 0 Å². The lowest BCUT2D eigenvalue weighted by atomic mass is 10.1. The van der Waals surface area contributed by atoms with Crippen LogP contribution in [0.15, 0.2) is 48.9 Å². The van der Waals surface area contributed by atoms with E-state index in [0.29, 0.717) is 0 Å². The average Bonchev–Trinajstić information content (AvgIpc) is 2.99. The maximum atomic E-state index is 4.57. The van der Waals surface area contributed by atoms with Crippen LogP contribution in [0.1, 0.15) is 22.3 Å². The fourth-order valence-electron chi connectivity index (χ4n) is 3.35. The molecule has 2 aromatic carbocycles. The van der Waals surface area contributed by atoms with Crippen molar-refractivity contribution in [3.05, 3.63) is 71.2 Å². The number of rotatable bonds is 3. The van der Waals surface area contributed by atoms with Crippen molar-refractivity contribution in [2.45, 2.75) is 27.7 Å². The fourth-order valence-corrected chi connectivity index (χ4v) is 3.35. The predicted molar refractivity (Wildman–Crippen MR) is 105 cm³/mol. The minimum Gasteiger partial charge on any atom is -0.340 e. The molecule has 0 spiro atoms. The van der Waals surface area contributed by atoms with Gasteiger partial charge in [0.2, 0.25) is 0 Å². The van der Waals surface area contributed by atoms with Gasteiger partial charge in [0.15, 0.2) is 5.65 Å². The van der Waals surface area contributed by atoms with Gasteiger partial charge in [-0.25, -0.2) is 14.6 Å². The van der Waals surface area contributed by atoms with Crippen molar-refractivity contribution in [3.8, 4) is 5.69 Å². The molecule has 5 heteroatoms. The van der Waals surface area contributed by atoms with Crippen molar-refractivity contribution < 1.29 is 0 Å². The zero-order valence-corrected chi connectivity index (χ0v) is 15.4. The second-order valence-corrected chi connectivity index (χ2v) is 6.81. The lowest BCUT2D eigenvalue weighted by molar-refractivity contribution is 0.886. The maximum Gasteiger partial charge on any atom is 0.168 e. The van der Waals surface area contributed by atoms with Crippen LogP contribution in [-0.2, 0) is 0 Å². The molecule has 0 radical (unpaired) electrons. The molecule has 0 atom stereocenters. The summed E-state index contributed by atoms with van der Waals surface area (Å²) in [5.74, 6) is 0.760. The first-order valence-corrected chi connectivity index (χ1v) is 8.63. The molecule has 0 amide bonds. The lowest BCUT2D eigenvalue weighted by Crippen LogP contribution is -2.01. The Morgan fingerprint density at radius 1 is 0.846 bits per heavy atom. The van der Waals surface area contributed by atoms with Gasteiger partial charge < -0.3 is 5.32 Å². The van der Waals surface area contributed by atoms with E-state index in [0.717, 1.165) is 33.8 Å². The number of aryl methyl sites for hydroxylation is 4. The maximum absolute atomic E-state index is 4.57. The largest absolute Gasteiger partial charge is 0.340 e. The Morgan fingerprint density at radius 2 is 1.62 bits per heavy atom. The predicted octanol–water partition coefficient (Wildman–Crippen LogP) is 4.79. The molecule has 2 heterocycles. The fraction of sp³-hybridized carbons (Fsp3) is 0.190. The van der Waals surface area contributed by atoms with Crippen molar-refractivity contribution in [2.75, 3.05) is 5.32 Å². The monoisotopic (exact) mass is 343 g/mol. The van der Waals surface area contributed by atoms with Crippen LogP contribution in [0.5, 0.6) is 0 Å². The zero-order valence-electron chi connectivity index (χ0n) is 15.4. The van der Waals surface area contributed by atoms with Gasteiger partial charge in [0.1, 0.15) is 12.1 Å². The lowest BCUT2D eigenvalue weighted by Gasteiger charge is -2.10. The van der Waals surface area contributed by atoms with E-state index < -0.39 is 0 Å². The molecule has 0 aliphatic carbocycles. The van der Waals surface area contributed by atoms with Gasteiger partial charge in [0.05, 0.1) is 17.3 Å². The molecule has 2 aromatic heterocycles. The van der Waals surface area contributed by atoms with Crippen LogP contribution >= 0.6 is 0 Å². The summed E-state index contributed by atoms with van der Waals surface area (Å²) >= 11 is 0. The molecule has 0 fully saturated rings. The number of fused-ring (bicyclic) bond motifs is 1. The van der Waals surface area contributed by atoms with Crippen molar-refractivity contribution in [3.63, 3.8) is 0 Å². The first-order valence-electron chi connectivity index (χ1n) is 8.63. The van der Waals surface area contributed by atoms with Crippen molar-refractivity contribution in [2.24, 2.45) is 0 Å². The van der Waals surface area contributed by atoms with E-state index in [9.17, 15) is 0 Å². The van der Waals surface area contributed by atoms with E-state index >= 15 is 0 Å². The standard InChI is InChI=1S/C21H21N5/c1-13-5-6-19(16(4)8-13)26-21-18(11-24-26)20(22-12-23-21)25-17-9-14(2)7-15(3)10-17/h5-12H,1-4H3,(H,22,23,25). The van der Waals surface area contributed by atoms with Gasteiger partial charge in [-0.15, -0.1) is 0 Å². The third kappa shape index (κ3) is 2.92. The van der Waals surface area contributed by atoms with E-state index in [1.165, 1.54) is 16.7 Å². The summed E-state index contributed by atoms with van der Waals surface area (Å²) in [6.45, 7) is 8.36. The van der Waals surface area contributed by atoms with Crippen LogP contribution in [0, 0.1) is 27.7 Å². The highest BCUT2D eigenvalue weighted by molar-refractivity contribution is 5.89. The third-order valence-corrected chi connectivity index (χ3v) is 4.43. The van der Waals surface area contributed by atoms with Crippen LogP contribution in [0.4, 0.5) is 11.5 Å². The van der Waals surface area contributed by atoms with Gasteiger partial charge in [-0.2, -0.15) is 5.10 Å². The molecule has 0 bridgehead atoms. The summed E-state index contributed by atoms with van der Waals surface area (Å²) in [7, 11) is 0. The van der Waals surface area contributed by atoms with Gasteiger partial charge in [-0.05, 0) is 62.6 Å². The number of aromatic nitrogens is 4. The first kappa shape index (κ1) is 16.3. The number of benzene rings is 2. The number of hydrogen-bond acceptors (Lipinski definition) is 4. The Morgan fingerprint density at radius 3 is 2.35 bits per heavy atom. The topological polar surface area (TPSA) is 55.6 Å². The Bertz CT molecular complexity index is 1090. The smallest absolute Gasteiger partial charge is 0.168 e. The highest BCUT2D eigenvalue weighted by Gasteiger charge is 2.13. The molecule has 4 rings (SSSR count). The van der Waals surface area contributed by atoms with Crippen molar-refractivity contribution in [1.82, 2.24) is 19.7 Å². The zero-order chi connectivity index (χ0) is 18.3. The molecule has 0 unspecified atom stereocenters. The molecule has 0 aliphatic rings. The normalized spacial score (nSPS) is 11.1. The summed E-state index contributed by atoms with van der Waals surface area (Å²) in [5.41, 5.74) is 7.65. The molecular formula is C21H21N5.